The van der Waals surface area contributed by atoms with Crippen LogP contribution in [0, 0.1) is 5.92 Å². The van der Waals surface area contributed by atoms with Crippen LogP contribution in [-0.4, -0.2) is 30.4 Å². The zero-order chi connectivity index (χ0) is 19.9. The van der Waals surface area contributed by atoms with Gasteiger partial charge in [0.05, 0.1) is 0 Å². The van der Waals surface area contributed by atoms with Gasteiger partial charge in [0.25, 0.3) is 0 Å². The van der Waals surface area contributed by atoms with Crippen molar-refractivity contribution >= 4 is 40.7 Å². The number of hydrogen-bond acceptors (Lipinski definition) is 2. The molecule has 0 saturated carbocycles. The summed E-state index contributed by atoms with van der Waals surface area (Å²) < 4.78 is 0. The van der Waals surface area contributed by atoms with Gasteiger partial charge in [-0.1, -0.05) is 53.0 Å². The van der Waals surface area contributed by atoms with Crippen molar-refractivity contribution in [3.63, 3.8) is 0 Å². The summed E-state index contributed by atoms with van der Waals surface area (Å²) in [5.41, 5.74) is 2.32. The van der Waals surface area contributed by atoms with E-state index in [4.69, 9.17) is 34.8 Å². The molecular formula is C22H25Cl3N2O. The van der Waals surface area contributed by atoms with E-state index in [0.29, 0.717) is 16.6 Å². The zero-order valence-electron chi connectivity index (χ0n) is 15.8. The van der Waals surface area contributed by atoms with Gasteiger partial charge in [0.1, 0.15) is 0 Å². The van der Waals surface area contributed by atoms with Crippen molar-refractivity contribution in [2.24, 2.45) is 5.92 Å². The molecule has 0 aliphatic carbocycles. The number of carbonyl (C=O) groups excluding carboxylic acids is 1. The lowest BCUT2D eigenvalue weighted by Crippen LogP contribution is -2.40. The predicted octanol–water partition coefficient (Wildman–Crippen LogP) is 5.61. The van der Waals surface area contributed by atoms with Crippen molar-refractivity contribution in [1.82, 2.24) is 10.2 Å². The highest BCUT2D eigenvalue weighted by molar-refractivity contribution is 6.35. The first-order valence-corrected chi connectivity index (χ1v) is 10.8. The Labute approximate surface area is 182 Å². The first-order valence-electron chi connectivity index (χ1n) is 9.69. The van der Waals surface area contributed by atoms with Crippen molar-refractivity contribution in [2.45, 2.75) is 32.2 Å². The van der Waals surface area contributed by atoms with E-state index in [-0.39, 0.29) is 11.8 Å². The fraction of sp³-hybridized carbons (Fsp3) is 0.409. The van der Waals surface area contributed by atoms with Gasteiger partial charge in [0.15, 0.2) is 0 Å². The van der Waals surface area contributed by atoms with Crippen molar-refractivity contribution in [3.05, 3.63) is 68.7 Å². The summed E-state index contributed by atoms with van der Waals surface area (Å²) in [6.07, 6.45) is 3.64. The highest BCUT2D eigenvalue weighted by Crippen LogP contribution is 2.25. The van der Waals surface area contributed by atoms with Gasteiger partial charge >= 0.3 is 0 Å². The molecule has 0 atom stereocenters. The van der Waals surface area contributed by atoms with E-state index in [1.807, 2.05) is 36.4 Å². The molecule has 1 heterocycles. The monoisotopic (exact) mass is 438 g/mol. The summed E-state index contributed by atoms with van der Waals surface area (Å²) in [6.45, 7) is 3.32. The SMILES string of the molecule is O=C(NCCCc1ccc(Cl)cc1)C1CCN(Cc2ccc(Cl)cc2Cl)CC1. The molecule has 2 aromatic carbocycles. The lowest BCUT2D eigenvalue weighted by molar-refractivity contribution is -0.126. The third-order valence-electron chi connectivity index (χ3n) is 5.22. The number of rotatable bonds is 7. The summed E-state index contributed by atoms with van der Waals surface area (Å²) >= 11 is 18.1. The molecule has 1 aliphatic heterocycles. The first-order chi connectivity index (χ1) is 13.5. The van der Waals surface area contributed by atoms with Crippen LogP contribution in [0.2, 0.25) is 15.1 Å². The maximum Gasteiger partial charge on any atom is 0.223 e. The molecule has 0 aromatic heterocycles. The van der Waals surface area contributed by atoms with Crippen LogP contribution in [0.5, 0.6) is 0 Å². The second-order valence-corrected chi connectivity index (χ2v) is 8.59. The molecule has 1 fully saturated rings. The standard InChI is InChI=1S/C22H25Cl3N2O/c23-19-6-3-16(4-7-19)2-1-11-26-22(28)17-9-12-27(13-10-17)15-18-5-8-20(24)14-21(18)25/h3-8,14,17H,1-2,9-13,15H2,(H,26,28). The summed E-state index contributed by atoms with van der Waals surface area (Å²) in [4.78, 5) is 14.8. The maximum absolute atomic E-state index is 12.4. The Hall–Kier alpha value is -1.26. The Morgan fingerprint density at radius 3 is 2.36 bits per heavy atom. The predicted molar refractivity (Wildman–Crippen MR) is 117 cm³/mol. The molecule has 0 bridgehead atoms. The highest BCUT2D eigenvalue weighted by Gasteiger charge is 2.25. The van der Waals surface area contributed by atoms with Gasteiger partial charge in [0, 0.05) is 34.1 Å². The van der Waals surface area contributed by atoms with Crippen LogP contribution in [0.25, 0.3) is 0 Å². The molecule has 150 valence electrons. The van der Waals surface area contributed by atoms with Gasteiger partial charge in [-0.15, -0.1) is 0 Å². The van der Waals surface area contributed by atoms with E-state index in [9.17, 15) is 4.79 Å². The number of hydrogen-bond donors (Lipinski definition) is 1. The summed E-state index contributed by atoms with van der Waals surface area (Å²) in [5, 5.41) is 5.20. The molecule has 1 N–H and O–H groups in total. The molecule has 3 rings (SSSR count). The Morgan fingerprint density at radius 2 is 1.68 bits per heavy atom. The maximum atomic E-state index is 12.4. The molecule has 2 aromatic rings. The minimum absolute atomic E-state index is 0.104. The molecule has 28 heavy (non-hydrogen) atoms. The van der Waals surface area contributed by atoms with Crippen LogP contribution < -0.4 is 5.32 Å². The molecule has 1 saturated heterocycles. The van der Waals surface area contributed by atoms with Crippen LogP contribution in [0.1, 0.15) is 30.4 Å². The minimum Gasteiger partial charge on any atom is -0.356 e. The first kappa shape index (κ1) is 21.4. The Morgan fingerprint density at radius 1 is 1.00 bits per heavy atom. The Balaban J connectivity index is 1.36. The lowest BCUT2D eigenvalue weighted by atomic mass is 9.95. The number of aryl methyl sites for hydroxylation is 1. The fourth-order valence-corrected chi connectivity index (χ4v) is 4.14. The molecule has 0 spiro atoms. The molecule has 1 aliphatic rings. The number of carbonyl (C=O) groups is 1. The average molecular weight is 440 g/mol. The third-order valence-corrected chi connectivity index (χ3v) is 6.06. The lowest BCUT2D eigenvalue weighted by Gasteiger charge is -2.31. The Kier molecular flexibility index (Phi) is 8.04. The Bertz CT molecular complexity index is 787. The average Bonchev–Trinajstić information content (AvgIpc) is 2.69. The van der Waals surface area contributed by atoms with E-state index in [1.165, 1.54) is 5.56 Å². The van der Waals surface area contributed by atoms with Crippen LogP contribution in [0.15, 0.2) is 42.5 Å². The molecule has 1 amide bonds. The number of halogens is 3. The van der Waals surface area contributed by atoms with E-state index in [1.54, 1.807) is 6.07 Å². The smallest absolute Gasteiger partial charge is 0.223 e. The zero-order valence-corrected chi connectivity index (χ0v) is 18.0. The summed E-state index contributed by atoms with van der Waals surface area (Å²) in [5.74, 6) is 0.285. The van der Waals surface area contributed by atoms with Crippen LogP contribution in [0.3, 0.4) is 0 Å². The largest absolute Gasteiger partial charge is 0.356 e. The highest BCUT2D eigenvalue weighted by atomic mass is 35.5. The van der Waals surface area contributed by atoms with E-state index in [2.05, 4.69) is 10.2 Å². The summed E-state index contributed by atoms with van der Waals surface area (Å²) in [7, 11) is 0. The van der Waals surface area contributed by atoms with E-state index in [0.717, 1.165) is 55.9 Å². The van der Waals surface area contributed by atoms with Crippen molar-refractivity contribution < 1.29 is 4.79 Å². The van der Waals surface area contributed by atoms with Crippen molar-refractivity contribution in [3.8, 4) is 0 Å². The number of piperidine rings is 1. The normalized spacial score (nSPS) is 15.5. The van der Waals surface area contributed by atoms with Crippen molar-refractivity contribution in [1.29, 1.82) is 0 Å². The van der Waals surface area contributed by atoms with Gasteiger partial charge in [-0.05, 0) is 74.2 Å². The number of nitrogens with one attached hydrogen (secondary N) is 1. The van der Waals surface area contributed by atoms with Gasteiger partial charge < -0.3 is 5.32 Å². The quantitative estimate of drug-likeness (QED) is 0.569. The second kappa shape index (κ2) is 10.5. The number of likely N-dealkylation sites (tertiary alicyclic amines) is 1. The van der Waals surface area contributed by atoms with Gasteiger partial charge in [-0.25, -0.2) is 0 Å². The number of nitrogens with zero attached hydrogens (tertiary/aromatic N) is 1. The van der Waals surface area contributed by atoms with Crippen molar-refractivity contribution in [2.75, 3.05) is 19.6 Å². The van der Waals surface area contributed by atoms with E-state index >= 15 is 0 Å². The third kappa shape index (κ3) is 6.38. The molecule has 0 unspecified atom stereocenters. The van der Waals surface area contributed by atoms with Crippen LogP contribution in [0.4, 0.5) is 0 Å². The topological polar surface area (TPSA) is 32.3 Å². The van der Waals surface area contributed by atoms with Gasteiger partial charge in [0.2, 0.25) is 5.91 Å². The number of amides is 1. The molecule has 3 nitrogen and oxygen atoms in total. The number of benzene rings is 2. The van der Waals surface area contributed by atoms with Crippen LogP contribution in [-0.2, 0) is 17.8 Å². The molecular weight excluding hydrogens is 415 g/mol. The van der Waals surface area contributed by atoms with Gasteiger partial charge in [-0.2, -0.15) is 0 Å². The van der Waals surface area contributed by atoms with Gasteiger partial charge in [-0.3, -0.25) is 9.69 Å². The minimum atomic E-state index is 0.104. The fourth-order valence-electron chi connectivity index (χ4n) is 3.54. The van der Waals surface area contributed by atoms with E-state index < -0.39 is 0 Å². The molecule has 6 heteroatoms. The van der Waals surface area contributed by atoms with Crippen LogP contribution >= 0.6 is 34.8 Å². The molecule has 0 radical (unpaired) electrons. The second-order valence-electron chi connectivity index (χ2n) is 7.31. The summed E-state index contributed by atoms with van der Waals surface area (Å²) in [6, 6.07) is 13.5.